The molecule has 8 heteroatoms. The number of carboxylic acid groups (broad SMARTS) is 1. The molecule has 0 saturated heterocycles. The van der Waals surface area contributed by atoms with Gasteiger partial charge in [0.2, 0.25) is 0 Å². The molecule has 284 valence electrons. The van der Waals surface area contributed by atoms with Crippen LogP contribution in [0, 0.1) is 0 Å². The minimum atomic E-state index is -0.885. The van der Waals surface area contributed by atoms with Gasteiger partial charge in [0.15, 0.2) is 12.1 Å². The molecule has 49 heavy (non-hydrogen) atoms. The van der Waals surface area contributed by atoms with E-state index in [9.17, 15) is 19.5 Å². The van der Waals surface area contributed by atoms with Gasteiger partial charge in [0, 0.05) is 19.3 Å². The molecule has 0 fully saturated rings. The van der Waals surface area contributed by atoms with Crippen molar-refractivity contribution < 1.29 is 38.2 Å². The zero-order chi connectivity index (χ0) is 36.4. The molecule has 0 radical (unpaired) electrons. The molecule has 1 N–H and O–H groups in total. The van der Waals surface area contributed by atoms with E-state index < -0.39 is 18.1 Å². The molecule has 0 heterocycles. The van der Waals surface area contributed by atoms with Crippen LogP contribution in [-0.4, -0.2) is 80.6 Å². The summed E-state index contributed by atoms with van der Waals surface area (Å²) in [4.78, 5) is 36.6. The second kappa shape index (κ2) is 32.7. The molecule has 0 spiro atoms. The Kier molecular flexibility index (Phi) is 31.1. The van der Waals surface area contributed by atoms with Gasteiger partial charge in [0.1, 0.15) is 6.61 Å². The zero-order valence-corrected chi connectivity index (χ0v) is 32.1. The first-order valence-corrected chi connectivity index (χ1v) is 19.5. The Bertz CT molecular complexity index is 906. The third kappa shape index (κ3) is 31.3. The fourth-order valence-corrected chi connectivity index (χ4v) is 5.50. The normalized spacial score (nSPS) is 13.4. The molecule has 0 saturated carbocycles. The fraction of sp³-hybridized carbons (Fsp3) is 0.780. The van der Waals surface area contributed by atoms with Crippen LogP contribution in [0.15, 0.2) is 36.5 Å². The molecule has 2 atom stereocenters. The molecule has 0 aliphatic heterocycles. The smallest absolute Gasteiger partial charge is 0.362 e. The zero-order valence-electron chi connectivity index (χ0n) is 32.1. The number of carboxylic acids is 1. The van der Waals surface area contributed by atoms with Gasteiger partial charge >= 0.3 is 17.9 Å². The lowest BCUT2D eigenvalue weighted by molar-refractivity contribution is -0.887. The molecule has 0 aliphatic carbocycles. The molecule has 0 amide bonds. The second-order valence-corrected chi connectivity index (χ2v) is 14.1. The van der Waals surface area contributed by atoms with Crippen molar-refractivity contribution in [1.82, 2.24) is 0 Å². The summed E-state index contributed by atoms with van der Waals surface area (Å²) >= 11 is 0. The maximum atomic E-state index is 12.6. The summed E-state index contributed by atoms with van der Waals surface area (Å²) in [5.74, 6) is -1.57. The molecule has 0 rings (SSSR count). The average Bonchev–Trinajstić information content (AvgIpc) is 3.05. The number of carbonyl (C=O) groups excluding carboxylic acids is 2. The number of allylic oxidation sites excluding steroid dienone is 6. The van der Waals surface area contributed by atoms with E-state index in [0.29, 0.717) is 19.3 Å². The van der Waals surface area contributed by atoms with E-state index in [4.69, 9.17) is 14.2 Å². The van der Waals surface area contributed by atoms with E-state index in [-0.39, 0.29) is 42.7 Å². The van der Waals surface area contributed by atoms with Crippen molar-refractivity contribution in [3.05, 3.63) is 36.5 Å². The Morgan fingerprint density at radius 1 is 0.633 bits per heavy atom. The Balaban J connectivity index is 4.34. The van der Waals surface area contributed by atoms with Crippen molar-refractivity contribution in [3.8, 4) is 0 Å². The molecule has 8 nitrogen and oxygen atoms in total. The summed E-state index contributed by atoms with van der Waals surface area (Å²) in [7, 11) is 5.49. The Labute approximate surface area is 300 Å². The van der Waals surface area contributed by atoms with Gasteiger partial charge in [-0.1, -0.05) is 121 Å². The highest BCUT2D eigenvalue weighted by molar-refractivity contribution is 5.72. The molecule has 0 bridgehead atoms. The summed E-state index contributed by atoms with van der Waals surface area (Å²) in [6.45, 7) is 4.50. The van der Waals surface area contributed by atoms with Crippen LogP contribution in [0.5, 0.6) is 0 Å². The van der Waals surface area contributed by atoms with Crippen molar-refractivity contribution in [2.24, 2.45) is 0 Å². The number of rotatable bonds is 34. The maximum Gasteiger partial charge on any atom is 0.362 e. The monoisotopic (exact) mass is 693 g/mol. The number of quaternary nitrogens is 1. The van der Waals surface area contributed by atoms with Crippen LogP contribution in [0.3, 0.4) is 0 Å². The lowest BCUT2D eigenvalue weighted by atomic mass is 10.1. The van der Waals surface area contributed by atoms with Crippen LogP contribution in [0.4, 0.5) is 0 Å². The number of esters is 2. The van der Waals surface area contributed by atoms with Crippen LogP contribution in [-0.2, 0) is 28.6 Å². The van der Waals surface area contributed by atoms with Crippen LogP contribution in [0.1, 0.15) is 155 Å². The van der Waals surface area contributed by atoms with Crippen molar-refractivity contribution >= 4 is 17.9 Å². The third-order valence-electron chi connectivity index (χ3n) is 8.54. The first kappa shape index (κ1) is 46.5. The standard InChI is InChI=1S/C41H73NO7/c1-6-8-10-12-14-15-16-17-18-19-20-21-22-23-24-26-28-30-32-40(44)49-37(35-47-34-33-38(41(45)46)42(3,4)5)36-48-39(43)31-29-27-25-13-11-9-7-2/h9,11,20-21,25,27,37-38H,6-8,10,12-19,22-24,26,28-36H2,1-5H3/p+1/b11-9+,21-20+,27-25+. The number of ether oxygens (including phenoxy) is 3. The average molecular weight is 693 g/mol. The second-order valence-electron chi connectivity index (χ2n) is 14.1. The van der Waals surface area contributed by atoms with Gasteiger partial charge in [-0.25, -0.2) is 4.79 Å². The topological polar surface area (TPSA) is 99.1 Å². The summed E-state index contributed by atoms with van der Waals surface area (Å²) in [5.41, 5.74) is 0. The third-order valence-corrected chi connectivity index (χ3v) is 8.54. The van der Waals surface area contributed by atoms with E-state index in [2.05, 4.69) is 38.2 Å². The van der Waals surface area contributed by atoms with Crippen molar-refractivity contribution in [2.45, 2.75) is 167 Å². The summed E-state index contributed by atoms with van der Waals surface area (Å²) in [6, 6.07) is -0.620. The molecule has 0 aliphatic rings. The van der Waals surface area contributed by atoms with Crippen LogP contribution in [0.2, 0.25) is 0 Å². The minimum absolute atomic E-state index is 0.0405. The highest BCUT2D eigenvalue weighted by Gasteiger charge is 2.31. The lowest BCUT2D eigenvalue weighted by Crippen LogP contribution is -2.50. The molecule has 2 unspecified atom stereocenters. The predicted molar refractivity (Wildman–Crippen MR) is 201 cm³/mol. The van der Waals surface area contributed by atoms with E-state index in [1.165, 1.54) is 70.6 Å². The van der Waals surface area contributed by atoms with Gasteiger partial charge in [-0.05, 0) is 51.4 Å². The Hall–Kier alpha value is -2.45. The number of unbranched alkanes of at least 4 members (excludes halogenated alkanes) is 14. The van der Waals surface area contributed by atoms with E-state index >= 15 is 0 Å². The lowest BCUT2D eigenvalue weighted by Gasteiger charge is -2.31. The number of nitrogens with zero attached hydrogens (tertiary/aromatic N) is 1. The fourth-order valence-electron chi connectivity index (χ4n) is 5.50. The first-order valence-electron chi connectivity index (χ1n) is 19.5. The van der Waals surface area contributed by atoms with Crippen LogP contribution >= 0.6 is 0 Å². The van der Waals surface area contributed by atoms with Crippen molar-refractivity contribution in [1.29, 1.82) is 0 Å². The quantitative estimate of drug-likeness (QED) is 0.0310. The predicted octanol–water partition coefficient (Wildman–Crippen LogP) is 9.91. The number of hydrogen-bond acceptors (Lipinski definition) is 6. The number of aliphatic carboxylic acids is 1. The van der Waals surface area contributed by atoms with Crippen LogP contribution < -0.4 is 0 Å². The highest BCUT2D eigenvalue weighted by Crippen LogP contribution is 2.13. The molecule has 0 aromatic rings. The van der Waals surface area contributed by atoms with Crippen LogP contribution in [0.25, 0.3) is 0 Å². The summed E-state index contributed by atoms with van der Waals surface area (Å²) in [6.07, 6.45) is 35.1. The van der Waals surface area contributed by atoms with Gasteiger partial charge in [0.25, 0.3) is 0 Å². The van der Waals surface area contributed by atoms with Crippen molar-refractivity contribution in [3.63, 3.8) is 0 Å². The number of carbonyl (C=O) groups is 3. The summed E-state index contributed by atoms with van der Waals surface area (Å²) < 4.78 is 17.1. The van der Waals surface area contributed by atoms with Gasteiger partial charge in [0.05, 0.1) is 34.4 Å². The van der Waals surface area contributed by atoms with Gasteiger partial charge in [-0.3, -0.25) is 9.59 Å². The first-order chi connectivity index (χ1) is 23.6. The molecular formula is C41H74NO7+. The molecule has 0 aromatic carbocycles. The van der Waals surface area contributed by atoms with E-state index in [0.717, 1.165) is 44.9 Å². The van der Waals surface area contributed by atoms with E-state index in [1.54, 1.807) is 0 Å². The molecule has 0 aromatic heterocycles. The highest BCUT2D eigenvalue weighted by atomic mass is 16.6. The van der Waals surface area contributed by atoms with Crippen molar-refractivity contribution in [2.75, 3.05) is 41.0 Å². The van der Waals surface area contributed by atoms with E-state index in [1.807, 2.05) is 33.3 Å². The van der Waals surface area contributed by atoms with Gasteiger partial charge in [-0.15, -0.1) is 0 Å². The van der Waals surface area contributed by atoms with Gasteiger partial charge in [-0.2, -0.15) is 0 Å². The SMILES string of the molecule is CC/C=C/C/C=C/CCC(=O)OCC(COCCC(C(=O)O)[N+](C)(C)C)OC(=O)CCCCCCC/C=C/CCCCCCCCCCC. The Morgan fingerprint density at radius 2 is 1.18 bits per heavy atom. The summed E-state index contributed by atoms with van der Waals surface area (Å²) in [5, 5.41) is 9.56. The Morgan fingerprint density at radius 3 is 1.76 bits per heavy atom. The number of likely N-dealkylation sites (N-methyl/N-ethyl adjacent to an activating group) is 1. The maximum absolute atomic E-state index is 12.6. The number of hydrogen-bond donors (Lipinski definition) is 1. The van der Waals surface area contributed by atoms with Gasteiger partial charge < -0.3 is 23.8 Å². The largest absolute Gasteiger partial charge is 0.477 e. The molecular weight excluding hydrogens is 618 g/mol. The minimum Gasteiger partial charge on any atom is -0.477 e.